The molecule has 3 fully saturated rings. The minimum absolute atomic E-state index is 0.657. The van der Waals surface area contributed by atoms with Crippen molar-refractivity contribution < 1.29 is 0 Å². The lowest BCUT2D eigenvalue weighted by Crippen LogP contribution is -2.13. The predicted octanol–water partition coefficient (Wildman–Crippen LogP) is 1.81. The molecule has 2 heterocycles. The van der Waals surface area contributed by atoms with Crippen molar-refractivity contribution in [3.05, 3.63) is 12.5 Å². The summed E-state index contributed by atoms with van der Waals surface area (Å²) in [6.07, 6.45) is 7.81. The second-order valence-corrected chi connectivity index (χ2v) is 6.01. The van der Waals surface area contributed by atoms with E-state index < -0.39 is 0 Å². The van der Waals surface area contributed by atoms with Gasteiger partial charge in [-0.25, -0.2) is 9.97 Å². The zero-order chi connectivity index (χ0) is 11.7. The van der Waals surface area contributed by atoms with E-state index in [9.17, 15) is 0 Å². The predicted molar refractivity (Wildman–Crippen MR) is 66.9 cm³/mol. The van der Waals surface area contributed by atoms with Gasteiger partial charge in [-0.15, -0.1) is 0 Å². The quantitative estimate of drug-likeness (QED) is 0.841. The van der Waals surface area contributed by atoms with Gasteiger partial charge in [-0.3, -0.25) is 5.10 Å². The van der Waals surface area contributed by atoms with Crippen LogP contribution < -0.4 is 5.32 Å². The fourth-order valence-corrected chi connectivity index (χ4v) is 4.56. The van der Waals surface area contributed by atoms with Gasteiger partial charge < -0.3 is 5.32 Å². The van der Waals surface area contributed by atoms with E-state index in [1.54, 1.807) is 6.33 Å². The molecule has 4 unspecified atom stereocenters. The third kappa shape index (κ3) is 1.05. The first-order chi connectivity index (χ1) is 8.92. The molecule has 4 atom stereocenters. The summed E-state index contributed by atoms with van der Waals surface area (Å²) in [7, 11) is 0. The maximum Gasteiger partial charge on any atom is 0.160 e. The summed E-state index contributed by atoms with van der Waals surface area (Å²) in [6.45, 7) is 0. The molecular formula is C13H15N5. The minimum atomic E-state index is 0.657. The Kier molecular flexibility index (Phi) is 1.56. The maximum absolute atomic E-state index is 4.37. The van der Waals surface area contributed by atoms with Gasteiger partial charge in [-0.1, -0.05) is 0 Å². The van der Waals surface area contributed by atoms with Crippen LogP contribution in [0.25, 0.3) is 11.0 Å². The smallest absolute Gasteiger partial charge is 0.160 e. The van der Waals surface area contributed by atoms with Crippen LogP contribution >= 0.6 is 0 Å². The number of nitrogens with one attached hydrogen (secondary N) is 2. The van der Waals surface area contributed by atoms with Crippen LogP contribution in [0.4, 0.5) is 5.82 Å². The third-order valence-corrected chi connectivity index (χ3v) is 5.29. The fraction of sp³-hybridized carbons (Fsp3) is 0.615. The maximum atomic E-state index is 4.37. The highest BCUT2D eigenvalue weighted by Crippen LogP contribution is 2.66. The summed E-state index contributed by atoms with van der Waals surface area (Å²) < 4.78 is 0. The molecule has 5 nitrogen and oxygen atoms in total. The number of H-pyrrole nitrogens is 1. The molecule has 0 spiro atoms. The molecular weight excluding hydrogens is 226 g/mol. The summed E-state index contributed by atoms with van der Waals surface area (Å²) in [5, 5.41) is 11.6. The lowest BCUT2D eigenvalue weighted by Gasteiger charge is -2.11. The third-order valence-electron chi connectivity index (χ3n) is 5.29. The van der Waals surface area contributed by atoms with Crippen molar-refractivity contribution in [3.8, 4) is 0 Å². The topological polar surface area (TPSA) is 66.5 Å². The molecule has 0 aliphatic heterocycles. The molecule has 3 aliphatic carbocycles. The van der Waals surface area contributed by atoms with E-state index >= 15 is 0 Å². The van der Waals surface area contributed by atoms with Gasteiger partial charge in [0.25, 0.3) is 0 Å². The molecule has 0 amide bonds. The molecule has 0 radical (unpaired) electrons. The Morgan fingerprint density at radius 3 is 2.83 bits per heavy atom. The summed E-state index contributed by atoms with van der Waals surface area (Å²) >= 11 is 0. The largest absolute Gasteiger partial charge is 0.366 e. The molecule has 2 bridgehead atoms. The van der Waals surface area contributed by atoms with E-state index in [2.05, 4.69) is 25.5 Å². The van der Waals surface area contributed by atoms with Crippen molar-refractivity contribution >= 4 is 16.9 Å². The molecule has 5 rings (SSSR count). The zero-order valence-corrected chi connectivity index (χ0v) is 10.0. The number of aromatic nitrogens is 4. The molecule has 3 aliphatic rings. The highest BCUT2D eigenvalue weighted by molar-refractivity contribution is 5.85. The van der Waals surface area contributed by atoms with Gasteiger partial charge in [0.05, 0.1) is 11.6 Å². The molecule has 92 valence electrons. The first kappa shape index (κ1) is 9.30. The second-order valence-electron chi connectivity index (χ2n) is 6.01. The van der Waals surface area contributed by atoms with E-state index in [4.69, 9.17) is 0 Å². The van der Waals surface area contributed by atoms with Crippen LogP contribution in [0.5, 0.6) is 0 Å². The van der Waals surface area contributed by atoms with Crippen molar-refractivity contribution in [2.24, 2.45) is 23.7 Å². The van der Waals surface area contributed by atoms with E-state index in [0.29, 0.717) is 6.04 Å². The first-order valence-electron chi connectivity index (χ1n) is 6.82. The summed E-state index contributed by atoms with van der Waals surface area (Å²) in [5.74, 6) is 4.76. The Hall–Kier alpha value is -1.65. The standard InChI is InChI=1S/C13H15N5/c1-2-7-3-6(1)9-10(7)11(9)17-12-8-4-16-18-13(8)15-5-14-12/h4-7,9-11H,1-3H2,(H2,14,15,16,17,18). The Morgan fingerprint density at radius 2 is 2.00 bits per heavy atom. The van der Waals surface area contributed by atoms with Gasteiger partial charge >= 0.3 is 0 Å². The Balaban J connectivity index is 1.46. The van der Waals surface area contributed by atoms with Gasteiger partial charge in [0, 0.05) is 6.04 Å². The summed E-state index contributed by atoms with van der Waals surface area (Å²) in [4.78, 5) is 8.55. The molecule has 0 saturated heterocycles. The average molecular weight is 241 g/mol. The highest BCUT2D eigenvalue weighted by atomic mass is 15.2. The molecule has 2 aromatic heterocycles. The molecule has 2 N–H and O–H groups in total. The Labute approximate surface area is 104 Å². The van der Waals surface area contributed by atoms with Gasteiger partial charge in [0.1, 0.15) is 12.1 Å². The van der Waals surface area contributed by atoms with E-state index in [0.717, 1.165) is 40.5 Å². The number of hydrogen-bond acceptors (Lipinski definition) is 4. The van der Waals surface area contributed by atoms with Crippen LogP contribution in [0.3, 0.4) is 0 Å². The summed E-state index contributed by atoms with van der Waals surface area (Å²) in [5.41, 5.74) is 0.821. The summed E-state index contributed by atoms with van der Waals surface area (Å²) in [6, 6.07) is 0.657. The Bertz CT molecular complexity index is 605. The van der Waals surface area contributed by atoms with Gasteiger partial charge in [-0.2, -0.15) is 5.10 Å². The highest BCUT2D eigenvalue weighted by Gasteiger charge is 2.65. The minimum Gasteiger partial charge on any atom is -0.366 e. The van der Waals surface area contributed by atoms with Crippen LogP contribution in [0.1, 0.15) is 19.3 Å². The SMILES string of the molecule is c1nc(NC2C3C4CCC(C4)C23)c2cn[nH]c2n1. The van der Waals surface area contributed by atoms with Crippen molar-refractivity contribution in [1.82, 2.24) is 20.2 Å². The molecule has 3 saturated carbocycles. The van der Waals surface area contributed by atoms with Crippen molar-refractivity contribution in [1.29, 1.82) is 0 Å². The van der Waals surface area contributed by atoms with E-state index in [-0.39, 0.29) is 0 Å². The lowest BCUT2D eigenvalue weighted by atomic mass is 10.0. The Morgan fingerprint density at radius 1 is 1.17 bits per heavy atom. The number of nitrogens with zero attached hydrogens (tertiary/aromatic N) is 3. The van der Waals surface area contributed by atoms with Crippen molar-refractivity contribution in [2.45, 2.75) is 25.3 Å². The van der Waals surface area contributed by atoms with Gasteiger partial charge in [0.15, 0.2) is 5.65 Å². The number of rotatable bonds is 2. The van der Waals surface area contributed by atoms with Crippen molar-refractivity contribution in [3.63, 3.8) is 0 Å². The van der Waals surface area contributed by atoms with E-state index in [1.165, 1.54) is 19.3 Å². The zero-order valence-electron chi connectivity index (χ0n) is 10.0. The average Bonchev–Trinajstić information content (AvgIpc) is 2.84. The number of fused-ring (bicyclic) bond motifs is 6. The van der Waals surface area contributed by atoms with Crippen molar-refractivity contribution in [2.75, 3.05) is 5.32 Å². The molecule has 2 aromatic rings. The fourth-order valence-electron chi connectivity index (χ4n) is 4.56. The van der Waals surface area contributed by atoms with Crippen LogP contribution in [0, 0.1) is 23.7 Å². The van der Waals surface area contributed by atoms with Crippen LogP contribution in [0.15, 0.2) is 12.5 Å². The first-order valence-corrected chi connectivity index (χ1v) is 6.82. The van der Waals surface area contributed by atoms with Gasteiger partial charge in [-0.05, 0) is 42.9 Å². The molecule has 0 aromatic carbocycles. The molecule has 5 heteroatoms. The normalized spacial score (nSPS) is 40.1. The second kappa shape index (κ2) is 3.02. The van der Waals surface area contributed by atoms with Crippen LogP contribution in [-0.4, -0.2) is 26.2 Å². The van der Waals surface area contributed by atoms with E-state index in [1.807, 2.05) is 6.20 Å². The number of anilines is 1. The monoisotopic (exact) mass is 241 g/mol. The van der Waals surface area contributed by atoms with Crippen LogP contribution in [0.2, 0.25) is 0 Å². The lowest BCUT2D eigenvalue weighted by molar-refractivity contribution is 0.456. The van der Waals surface area contributed by atoms with Gasteiger partial charge in [0.2, 0.25) is 0 Å². The molecule has 18 heavy (non-hydrogen) atoms. The number of aromatic amines is 1. The number of hydrogen-bond donors (Lipinski definition) is 2. The van der Waals surface area contributed by atoms with Crippen LogP contribution in [-0.2, 0) is 0 Å².